The molecular weight excluding hydrogens is 340 g/mol. The Kier molecular flexibility index (Phi) is 5.43. The number of nitrogens with one attached hydrogen (secondary N) is 1. The predicted molar refractivity (Wildman–Crippen MR) is 103 cm³/mol. The van der Waals surface area contributed by atoms with E-state index in [1.807, 2.05) is 24.7 Å². The first-order valence-corrected chi connectivity index (χ1v) is 9.97. The minimum atomic E-state index is -0.292. The molecule has 6 nitrogen and oxygen atoms in total. The summed E-state index contributed by atoms with van der Waals surface area (Å²) in [5, 5.41) is 3.08. The Bertz CT molecular complexity index is 761. The SMILES string of the molecule is O=C1NCCCC12CCCN2Cc1cccc(OCCCn2ccnc2)c1. The predicted octanol–water partition coefficient (Wildman–Crippen LogP) is 2.60. The van der Waals surface area contributed by atoms with Crippen molar-refractivity contribution in [3.63, 3.8) is 0 Å². The number of hydrogen-bond acceptors (Lipinski definition) is 4. The van der Waals surface area contributed by atoms with E-state index in [-0.39, 0.29) is 11.4 Å². The van der Waals surface area contributed by atoms with Gasteiger partial charge in [-0.2, -0.15) is 0 Å². The second kappa shape index (κ2) is 8.13. The Hall–Kier alpha value is -2.34. The number of piperidine rings is 1. The summed E-state index contributed by atoms with van der Waals surface area (Å²) in [7, 11) is 0. The van der Waals surface area contributed by atoms with Gasteiger partial charge in [0.2, 0.25) is 5.91 Å². The molecule has 2 fully saturated rings. The van der Waals surface area contributed by atoms with Gasteiger partial charge in [0.1, 0.15) is 11.3 Å². The number of aryl methyl sites for hydroxylation is 1. The van der Waals surface area contributed by atoms with Crippen molar-refractivity contribution in [2.45, 2.75) is 50.7 Å². The topological polar surface area (TPSA) is 59.4 Å². The fourth-order valence-electron chi connectivity index (χ4n) is 4.38. The highest BCUT2D eigenvalue weighted by Gasteiger charge is 2.48. The smallest absolute Gasteiger partial charge is 0.240 e. The van der Waals surface area contributed by atoms with Gasteiger partial charge in [0.15, 0.2) is 0 Å². The summed E-state index contributed by atoms with van der Waals surface area (Å²) in [6, 6.07) is 8.30. The lowest BCUT2D eigenvalue weighted by atomic mass is 9.86. The molecule has 0 aliphatic carbocycles. The van der Waals surface area contributed by atoms with Gasteiger partial charge in [0.05, 0.1) is 12.9 Å². The average Bonchev–Trinajstić information content (AvgIpc) is 3.33. The molecule has 1 aromatic carbocycles. The van der Waals surface area contributed by atoms with Crippen molar-refractivity contribution in [1.82, 2.24) is 19.8 Å². The van der Waals surface area contributed by atoms with Crippen LogP contribution < -0.4 is 10.1 Å². The minimum absolute atomic E-state index is 0.221. The van der Waals surface area contributed by atoms with Crippen molar-refractivity contribution < 1.29 is 9.53 Å². The molecule has 0 radical (unpaired) electrons. The Balaban J connectivity index is 1.34. The molecule has 1 atom stereocenters. The van der Waals surface area contributed by atoms with Gasteiger partial charge in [0.25, 0.3) is 0 Å². The van der Waals surface area contributed by atoms with E-state index < -0.39 is 0 Å². The van der Waals surface area contributed by atoms with Gasteiger partial charge in [-0.05, 0) is 56.3 Å². The highest BCUT2D eigenvalue weighted by Crippen LogP contribution is 2.37. The Labute approximate surface area is 160 Å². The molecule has 144 valence electrons. The van der Waals surface area contributed by atoms with Crippen molar-refractivity contribution in [2.75, 3.05) is 19.7 Å². The number of likely N-dealkylation sites (tertiary alicyclic amines) is 1. The molecule has 1 N–H and O–H groups in total. The molecule has 2 aromatic rings. The molecule has 2 aliphatic heterocycles. The lowest BCUT2D eigenvalue weighted by Crippen LogP contribution is -2.58. The van der Waals surface area contributed by atoms with Crippen LogP contribution in [0.1, 0.15) is 37.7 Å². The zero-order valence-corrected chi connectivity index (χ0v) is 15.8. The lowest BCUT2D eigenvalue weighted by molar-refractivity contribution is -0.134. The number of nitrogens with zero attached hydrogens (tertiary/aromatic N) is 3. The largest absolute Gasteiger partial charge is 0.494 e. The van der Waals surface area contributed by atoms with Gasteiger partial charge in [-0.3, -0.25) is 9.69 Å². The van der Waals surface area contributed by atoms with Crippen LogP contribution in [0.25, 0.3) is 0 Å². The molecular formula is C21H28N4O2. The van der Waals surface area contributed by atoms with E-state index in [9.17, 15) is 4.79 Å². The third-order valence-electron chi connectivity index (χ3n) is 5.76. The number of carbonyl (C=O) groups excluding carboxylic acids is 1. The number of rotatable bonds is 7. The van der Waals surface area contributed by atoms with E-state index >= 15 is 0 Å². The van der Waals surface area contributed by atoms with Crippen molar-refractivity contribution in [1.29, 1.82) is 0 Å². The number of hydrogen-bond donors (Lipinski definition) is 1. The van der Waals surface area contributed by atoms with Crippen LogP contribution in [0.15, 0.2) is 43.0 Å². The fourth-order valence-corrected chi connectivity index (χ4v) is 4.38. The Morgan fingerprint density at radius 3 is 3.04 bits per heavy atom. The van der Waals surface area contributed by atoms with Gasteiger partial charge in [0, 0.05) is 32.0 Å². The highest BCUT2D eigenvalue weighted by atomic mass is 16.5. The standard InChI is InChI=1S/C21H28N4O2/c26-20-21(7-2-9-23-20)8-3-12-25(21)16-18-5-1-6-19(15-18)27-14-4-11-24-13-10-22-17-24/h1,5-6,10,13,15,17H,2-4,7-9,11-12,14,16H2,(H,23,26). The molecule has 2 saturated heterocycles. The number of ether oxygens (including phenoxy) is 1. The van der Waals surface area contributed by atoms with Gasteiger partial charge >= 0.3 is 0 Å². The van der Waals surface area contributed by atoms with Crippen molar-refractivity contribution in [2.24, 2.45) is 0 Å². The zero-order chi connectivity index (χ0) is 18.5. The van der Waals surface area contributed by atoms with Crippen LogP contribution >= 0.6 is 0 Å². The second-order valence-electron chi connectivity index (χ2n) is 7.57. The van der Waals surface area contributed by atoms with E-state index in [4.69, 9.17) is 4.74 Å². The first kappa shape index (κ1) is 18.0. The van der Waals surface area contributed by atoms with Crippen LogP contribution in [0.4, 0.5) is 0 Å². The number of carbonyl (C=O) groups is 1. The molecule has 1 amide bonds. The molecule has 27 heavy (non-hydrogen) atoms. The summed E-state index contributed by atoms with van der Waals surface area (Å²) in [5.41, 5.74) is 0.918. The molecule has 1 aromatic heterocycles. The van der Waals surface area contributed by atoms with Gasteiger partial charge < -0.3 is 14.6 Å². The van der Waals surface area contributed by atoms with Crippen LogP contribution in [0.2, 0.25) is 0 Å². The molecule has 6 heteroatoms. The summed E-state index contributed by atoms with van der Waals surface area (Å²) >= 11 is 0. The fraction of sp³-hybridized carbons (Fsp3) is 0.524. The number of amides is 1. The zero-order valence-electron chi connectivity index (χ0n) is 15.8. The second-order valence-corrected chi connectivity index (χ2v) is 7.57. The molecule has 0 bridgehead atoms. The Morgan fingerprint density at radius 2 is 2.19 bits per heavy atom. The number of benzene rings is 1. The molecule has 4 rings (SSSR count). The minimum Gasteiger partial charge on any atom is -0.494 e. The van der Waals surface area contributed by atoms with Crippen LogP contribution in [0, 0.1) is 0 Å². The summed E-state index contributed by atoms with van der Waals surface area (Å²) < 4.78 is 7.99. The van der Waals surface area contributed by atoms with E-state index in [0.717, 1.165) is 64.0 Å². The summed E-state index contributed by atoms with van der Waals surface area (Å²) in [4.78, 5) is 19.0. The van der Waals surface area contributed by atoms with Crippen molar-refractivity contribution in [3.05, 3.63) is 48.5 Å². The average molecular weight is 368 g/mol. The third-order valence-corrected chi connectivity index (χ3v) is 5.76. The normalized spacial score (nSPS) is 22.9. The first-order chi connectivity index (χ1) is 13.3. The van der Waals surface area contributed by atoms with Crippen LogP contribution in [-0.2, 0) is 17.9 Å². The summed E-state index contributed by atoms with van der Waals surface area (Å²) in [6.07, 6.45) is 10.6. The maximum atomic E-state index is 12.6. The monoisotopic (exact) mass is 368 g/mol. The quantitative estimate of drug-likeness (QED) is 0.763. The molecule has 2 aliphatic rings. The number of aromatic nitrogens is 2. The van der Waals surface area contributed by atoms with E-state index in [1.54, 1.807) is 6.20 Å². The maximum absolute atomic E-state index is 12.6. The summed E-state index contributed by atoms with van der Waals surface area (Å²) in [5.74, 6) is 1.12. The van der Waals surface area contributed by atoms with Crippen LogP contribution in [0.5, 0.6) is 5.75 Å². The molecule has 3 heterocycles. The van der Waals surface area contributed by atoms with E-state index in [1.165, 1.54) is 5.56 Å². The van der Waals surface area contributed by atoms with E-state index in [0.29, 0.717) is 6.61 Å². The van der Waals surface area contributed by atoms with Crippen LogP contribution in [-0.4, -0.2) is 45.6 Å². The first-order valence-electron chi connectivity index (χ1n) is 9.97. The Morgan fingerprint density at radius 1 is 1.26 bits per heavy atom. The van der Waals surface area contributed by atoms with Crippen molar-refractivity contribution >= 4 is 5.91 Å². The molecule has 1 unspecified atom stereocenters. The highest BCUT2D eigenvalue weighted by molar-refractivity contribution is 5.87. The maximum Gasteiger partial charge on any atom is 0.240 e. The summed E-state index contributed by atoms with van der Waals surface area (Å²) in [6.45, 7) is 4.20. The van der Waals surface area contributed by atoms with Crippen molar-refractivity contribution in [3.8, 4) is 5.75 Å². The van der Waals surface area contributed by atoms with E-state index in [2.05, 4.69) is 31.9 Å². The van der Waals surface area contributed by atoms with Crippen LogP contribution in [0.3, 0.4) is 0 Å². The van der Waals surface area contributed by atoms with Gasteiger partial charge in [-0.1, -0.05) is 12.1 Å². The molecule has 1 spiro atoms. The molecule has 0 saturated carbocycles. The third kappa shape index (κ3) is 4.00. The number of imidazole rings is 1. The van der Waals surface area contributed by atoms with Gasteiger partial charge in [-0.25, -0.2) is 4.98 Å². The lowest BCUT2D eigenvalue weighted by Gasteiger charge is -2.40. The van der Waals surface area contributed by atoms with Gasteiger partial charge in [-0.15, -0.1) is 0 Å².